The molecule has 0 unspecified atom stereocenters. The van der Waals surface area contributed by atoms with Gasteiger partial charge in [0.05, 0.1) is 5.56 Å². The van der Waals surface area contributed by atoms with E-state index in [0.29, 0.717) is 6.61 Å². The van der Waals surface area contributed by atoms with Crippen molar-refractivity contribution in [1.29, 1.82) is 0 Å². The van der Waals surface area contributed by atoms with Gasteiger partial charge in [-0.05, 0) is 50.9 Å². The lowest BCUT2D eigenvalue weighted by atomic mass is 10.0. The molecule has 0 atom stereocenters. The summed E-state index contributed by atoms with van der Waals surface area (Å²) in [4.78, 5) is 14.5. The van der Waals surface area contributed by atoms with Crippen molar-refractivity contribution in [2.75, 3.05) is 26.2 Å². The molecule has 1 aromatic rings. The highest BCUT2D eigenvalue weighted by atomic mass is 16.5. The van der Waals surface area contributed by atoms with Gasteiger partial charge in [-0.3, -0.25) is 4.90 Å². The molecule has 1 fully saturated rings. The van der Waals surface area contributed by atoms with Gasteiger partial charge >= 0.3 is 5.97 Å². The number of esters is 1. The van der Waals surface area contributed by atoms with Gasteiger partial charge in [0.1, 0.15) is 6.61 Å². The average Bonchev–Trinajstić information content (AvgIpc) is 2.40. The van der Waals surface area contributed by atoms with E-state index in [-0.39, 0.29) is 5.97 Å². The minimum Gasteiger partial charge on any atom is -0.461 e. The molecule has 1 aliphatic rings. The molecular formula is C16H23NO2. The van der Waals surface area contributed by atoms with Gasteiger partial charge in [0.15, 0.2) is 0 Å². The number of aryl methyl sites for hydroxylation is 2. The molecule has 1 saturated heterocycles. The topological polar surface area (TPSA) is 29.5 Å². The molecule has 0 bridgehead atoms. The molecule has 0 N–H and O–H groups in total. The first-order valence-corrected chi connectivity index (χ1v) is 7.14. The number of ether oxygens (including phenoxy) is 1. The fourth-order valence-corrected chi connectivity index (χ4v) is 2.66. The average molecular weight is 261 g/mol. The van der Waals surface area contributed by atoms with Crippen molar-refractivity contribution in [1.82, 2.24) is 4.90 Å². The number of piperidine rings is 1. The van der Waals surface area contributed by atoms with Crippen molar-refractivity contribution in [2.45, 2.75) is 33.1 Å². The Bertz CT molecular complexity index is 416. The number of carbonyl (C=O) groups excluding carboxylic acids is 1. The summed E-state index contributed by atoms with van der Waals surface area (Å²) in [5.74, 6) is -0.187. The second-order valence-corrected chi connectivity index (χ2v) is 5.31. The number of carbonyl (C=O) groups is 1. The molecule has 104 valence electrons. The number of hydrogen-bond acceptors (Lipinski definition) is 3. The zero-order valence-corrected chi connectivity index (χ0v) is 11.9. The highest BCUT2D eigenvalue weighted by Crippen LogP contribution is 2.14. The SMILES string of the molecule is Cc1cccc(C)c1C(=O)OCCN1CCCCC1. The number of likely N-dealkylation sites (tertiary alicyclic amines) is 1. The Labute approximate surface area is 115 Å². The fourth-order valence-electron chi connectivity index (χ4n) is 2.66. The van der Waals surface area contributed by atoms with Crippen LogP contribution in [0.15, 0.2) is 18.2 Å². The number of nitrogens with zero attached hydrogens (tertiary/aromatic N) is 1. The second-order valence-electron chi connectivity index (χ2n) is 5.31. The van der Waals surface area contributed by atoms with Crippen molar-refractivity contribution in [3.8, 4) is 0 Å². The highest BCUT2D eigenvalue weighted by molar-refractivity contribution is 5.92. The van der Waals surface area contributed by atoms with Gasteiger partial charge in [-0.15, -0.1) is 0 Å². The third kappa shape index (κ3) is 3.80. The van der Waals surface area contributed by atoms with Crippen molar-refractivity contribution >= 4 is 5.97 Å². The van der Waals surface area contributed by atoms with Crippen LogP contribution in [-0.4, -0.2) is 37.1 Å². The highest BCUT2D eigenvalue weighted by Gasteiger charge is 2.14. The molecule has 3 nitrogen and oxygen atoms in total. The zero-order chi connectivity index (χ0) is 13.7. The minimum absolute atomic E-state index is 0.187. The van der Waals surface area contributed by atoms with E-state index in [9.17, 15) is 4.79 Å². The van der Waals surface area contributed by atoms with Gasteiger partial charge in [-0.25, -0.2) is 4.79 Å². The van der Waals surface area contributed by atoms with E-state index in [1.54, 1.807) is 0 Å². The van der Waals surface area contributed by atoms with Crippen LogP contribution >= 0.6 is 0 Å². The second kappa shape index (κ2) is 6.71. The largest absolute Gasteiger partial charge is 0.461 e. The molecule has 0 radical (unpaired) electrons. The van der Waals surface area contributed by atoms with E-state index in [4.69, 9.17) is 4.74 Å². The van der Waals surface area contributed by atoms with E-state index >= 15 is 0 Å². The van der Waals surface area contributed by atoms with Crippen LogP contribution in [0.4, 0.5) is 0 Å². The Balaban J connectivity index is 1.84. The van der Waals surface area contributed by atoms with Crippen molar-refractivity contribution < 1.29 is 9.53 Å². The summed E-state index contributed by atoms with van der Waals surface area (Å²) in [5.41, 5.74) is 2.70. The lowest BCUT2D eigenvalue weighted by molar-refractivity contribution is 0.0450. The Kier molecular flexibility index (Phi) is 4.97. The summed E-state index contributed by atoms with van der Waals surface area (Å²) >= 11 is 0. The van der Waals surface area contributed by atoms with E-state index < -0.39 is 0 Å². The summed E-state index contributed by atoms with van der Waals surface area (Å²) in [6.45, 7) is 7.54. The third-order valence-corrected chi connectivity index (χ3v) is 3.77. The predicted molar refractivity (Wildman–Crippen MR) is 76.5 cm³/mol. The fraction of sp³-hybridized carbons (Fsp3) is 0.562. The van der Waals surface area contributed by atoms with Gasteiger partial charge in [0.2, 0.25) is 0 Å². The molecule has 0 aliphatic carbocycles. The Morgan fingerprint density at radius 2 is 1.79 bits per heavy atom. The summed E-state index contributed by atoms with van der Waals surface area (Å²) < 4.78 is 5.41. The minimum atomic E-state index is -0.187. The van der Waals surface area contributed by atoms with Gasteiger partial charge in [-0.1, -0.05) is 24.6 Å². The summed E-state index contributed by atoms with van der Waals surface area (Å²) in [6, 6.07) is 5.87. The van der Waals surface area contributed by atoms with Gasteiger partial charge in [0, 0.05) is 6.54 Å². The van der Waals surface area contributed by atoms with Crippen LogP contribution in [-0.2, 0) is 4.74 Å². The Morgan fingerprint density at radius 1 is 1.16 bits per heavy atom. The molecule has 1 aliphatic heterocycles. The van der Waals surface area contributed by atoms with E-state index in [1.807, 2.05) is 32.0 Å². The predicted octanol–water partition coefficient (Wildman–Crippen LogP) is 2.95. The molecule has 19 heavy (non-hydrogen) atoms. The molecule has 0 saturated carbocycles. The van der Waals surface area contributed by atoms with E-state index in [0.717, 1.165) is 36.3 Å². The molecule has 0 aromatic heterocycles. The van der Waals surface area contributed by atoms with Gasteiger partial charge in [0.25, 0.3) is 0 Å². The maximum atomic E-state index is 12.1. The zero-order valence-electron chi connectivity index (χ0n) is 11.9. The molecule has 1 heterocycles. The van der Waals surface area contributed by atoms with Gasteiger partial charge in [-0.2, -0.15) is 0 Å². The molecular weight excluding hydrogens is 238 g/mol. The lowest BCUT2D eigenvalue weighted by Gasteiger charge is -2.26. The quantitative estimate of drug-likeness (QED) is 0.780. The first kappa shape index (κ1) is 14.1. The van der Waals surface area contributed by atoms with Crippen LogP contribution in [0.25, 0.3) is 0 Å². The monoisotopic (exact) mass is 261 g/mol. The summed E-state index contributed by atoms with van der Waals surface area (Å²) in [6.07, 6.45) is 3.87. The van der Waals surface area contributed by atoms with Crippen molar-refractivity contribution in [2.24, 2.45) is 0 Å². The Hall–Kier alpha value is -1.35. The van der Waals surface area contributed by atoms with Crippen LogP contribution in [0.2, 0.25) is 0 Å². The van der Waals surface area contributed by atoms with Crippen LogP contribution in [0.1, 0.15) is 40.7 Å². The van der Waals surface area contributed by atoms with Crippen LogP contribution in [0.5, 0.6) is 0 Å². The molecule has 3 heteroatoms. The number of rotatable bonds is 4. The van der Waals surface area contributed by atoms with Crippen LogP contribution in [0, 0.1) is 13.8 Å². The van der Waals surface area contributed by atoms with Crippen LogP contribution < -0.4 is 0 Å². The molecule has 0 spiro atoms. The smallest absolute Gasteiger partial charge is 0.338 e. The Morgan fingerprint density at radius 3 is 2.42 bits per heavy atom. The van der Waals surface area contributed by atoms with E-state index in [1.165, 1.54) is 19.3 Å². The first-order chi connectivity index (χ1) is 9.18. The van der Waals surface area contributed by atoms with Crippen molar-refractivity contribution in [3.05, 3.63) is 34.9 Å². The number of benzene rings is 1. The summed E-state index contributed by atoms with van der Waals surface area (Å²) in [5, 5.41) is 0. The molecule has 1 aromatic carbocycles. The van der Waals surface area contributed by atoms with Crippen LogP contribution in [0.3, 0.4) is 0 Å². The first-order valence-electron chi connectivity index (χ1n) is 7.14. The van der Waals surface area contributed by atoms with Gasteiger partial charge < -0.3 is 4.74 Å². The lowest BCUT2D eigenvalue weighted by Crippen LogP contribution is -2.33. The normalized spacial score (nSPS) is 16.3. The molecule has 2 rings (SSSR count). The number of hydrogen-bond donors (Lipinski definition) is 0. The summed E-state index contributed by atoms with van der Waals surface area (Å²) in [7, 11) is 0. The third-order valence-electron chi connectivity index (χ3n) is 3.77. The molecule has 0 amide bonds. The standard InChI is InChI=1S/C16H23NO2/c1-13-7-6-8-14(2)15(13)16(18)19-12-11-17-9-4-3-5-10-17/h6-8H,3-5,9-12H2,1-2H3. The van der Waals surface area contributed by atoms with E-state index in [2.05, 4.69) is 4.90 Å². The maximum Gasteiger partial charge on any atom is 0.338 e. The maximum absolute atomic E-state index is 12.1. The van der Waals surface area contributed by atoms with Crippen molar-refractivity contribution in [3.63, 3.8) is 0 Å².